The van der Waals surface area contributed by atoms with E-state index in [0.29, 0.717) is 10.9 Å². The van der Waals surface area contributed by atoms with Crippen molar-refractivity contribution >= 4 is 17.4 Å². The minimum absolute atomic E-state index is 0.275. The Labute approximate surface area is 106 Å². The lowest BCUT2D eigenvalue weighted by Gasteiger charge is -2.21. The zero-order valence-electron chi connectivity index (χ0n) is 10.0. The lowest BCUT2D eigenvalue weighted by Crippen LogP contribution is -2.08. The molecular weight excluding hydrogens is 237 g/mol. The van der Waals surface area contributed by atoms with Crippen LogP contribution in [0.25, 0.3) is 0 Å². The van der Waals surface area contributed by atoms with Gasteiger partial charge in [0.25, 0.3) is 0 Å². The largest absolute Gasteiger partial charge is 0.494 e. The number of methoxy groups -OCH3 is 1. The molecule has 0 bridgehead atoms. The van der Waals surface area contributed by atoms with Crippen molar-refractivity contribution in [3.63, 3.8) is 0 Å². The maximum Gasteiger partial charge on any atom is 0.167 e. The number of hydrogen-bond donors (Lipinski definition) is 1. The number of benzene rings is 1. The van der Waals surface area contributed by atoms with E-state index >= 15 is 0 Å². The summed E-state index contributed by atoms with van der Waals surface area (Å²) < 4.78 is 18.4. The lowest BCUT2D eigenvalue weighted by molar-refractivity contribution is 0.385. The van der Waals surface area contributed by atoms with Gasteiger partial charge in [0, 0.05) is 21.9 Å². The molecule has 1 aromatic rings. The Morgan fingerprint density at radius 2 is 2.00 bits per heavy atom. The summed E-state index contributed by atoms with van der Waals surface area (Å²) in [6.07, 6.45) is 6.36. The number of nitrogens with two attached hydrogens (primary N) is 1. The van der Waals surface area contributed by atoms with Crippen LogP contribution in [0.4, 0.5) is 10.1 Å². The van der Waals surface area contributed by atoms with Gasteiger partial charge in [0.05, 0.1) is 7.11 Å². The summed E-state index contributed by atoms with van der Waals surface area (Å²) in [5, 5.41) is 0.612. The fraction of sp³-hybridized carbons (Fsp3) is 0.538. The minimum Gasteiger partial charge on any atom is -0.494 e. The van der Waals surface area contributed by atoms with Gasteiger partial charge in [-0.3, -0.25) is 0 Å². The molecule has 0 atom stereocenters. The zero-order chi connectivity index (χ0) is 12.3. The Bertz CT molecular complexity index is 391. The van der Waals surface area contributed by atoms with Crippen LogP contribution in [-0.4, -0.2) is 12.4 Å². The van der Waals surface area contributed by atoms with Crippen LogP contribution in [0.15, 0.2) is 17.0 Å². The molecule has 17 heavy (non-hydrogen) atoms. The Morgan fingerprint density at radius 3 is 2.65 bits per heavy atom. The Balaban J connectivity index is 2.13. The molecule has 2 rings (SSSR count). The van der Waals surface area contributed by atoms with Crippen LogP contribution < -0.4 is 10.5 Å². The topological polar surface area (TPSA) is 35.2 Å². The summed E-state index contributed by atoms with van der Waals surface area (Å²) in [7, 11) is 1.48. The van der Waals surface area contributed by atoms with Crippen molar-refractivity contribution in [2.45, 2.75) is 42.2 Å². The molecule has 1 saturated carbocycles. The third kappa shape index (κ3) is 3.06. The molecule has 1 aliphatic rings. The maximum absolute atomic E-state index is 13.4. The van der Waals surface area contributed by atoms with Gasteiger partial charge in [-0.05, 0) is 18.9 Å². The van der Waals surface area contributed by atoms with Crippen molar-refractivity contribution in [2.75, 3.05) is 12.8 Å². The molecular formula is C13H18FNOS. The predicted molar refractivity (Wildman–Crippen MR) is 70.1 cm³/mol. The number of thioether (sulfide) groups is 1. The molecule has 1 aromatic carbocycles. The monoisotopic (exact) mass is 255 g/mol. The van der Waals surface area contributed by atoms with Gasteiger partial charge in [-0.25, -0.2) is 4.39 Å². The fourth-order valence-electron chi connectivity index (χ4n) is 2.17. The molecule has 0 aromatic heterocycles. The van der Waals surface area contributed by atoms with Crippen LogP contribution in [0.5, 0.6) is 5.75 Å². The molecule has 0 saturated heterocycles. The predicted octanol–water partition coefficient (Wildman–Crippen LogP) is 3.84. The summed E-state index contributed by atoms with van der Waals surface area (Å²) in [5.41, 5.74) is 6.36. The molecule has 0 amide bonds. The number of hydrogen-bond acceptors (Lipinski definition) is 3. The highest BCUT2D eigenvalue weighted by molar-refractivity contribution is 8.00. The van der Waals surface area contributed by atoms with Gasteiger partial charge in [-0.1, -0.05) is 19.3 Å². The zero-order valence-corrected chi connectivity index (χ0v) is 10.9. The highest BCUT2D eigenvalue weighted by atomic mass is 32.2. The smallest absolute Gasteiger partial charge is 0.167 e. The van der Waals surface area contributed by atoms with Crippen molar-refractivity contribution in [3.8, 4) is 5.75 Å². The molecule has 1 fully saturated rings. The summed E-state index contributed by atoms with van der Waals surface area (Å²) in [6, 6.07) is 3.06. The van der Waals surface area contributed by atoms with Crippen LogP contribution in [-0.2, 0) is 0 Å². The van der Waals surface area contributed by atoms with E-state index in [1.54, 1.807) is 17.8 Å². The first kappa shape index (κ1) is 12.6. The normalized spacial score (nSPS) is 17.1. The molecule has 0 radical (unpaired) electrons. The summed E-state index contributed by atoms with van der Waals surface area (Å²) in [6.45, 7) is 0. The van der Waals surface area contributed by atoms with Gasteiger partial charge in [0.2, 0.25) is 0 Å². The second-order valence-electron chi connectivity index (χ2n) is 4.40. The van der Waals surface area contributed by atoms with E-state index in [9.17, 15) is 4.39 Å². The van der Waals surface area contributed by atoms with Crippen LogP contribution in [0, 0.1) is 5.82 Å². The second-order valence-corrected chi connectivity index (χ2v) is 5.74. The average Bonchev–Trinajstić information content (AvgIpc) is 2.34. The van der Waals surface area contributed by atoms with E-state index in [4.69, 9.17) is 10.5 Å². The lowest BCUT2D eigenvalue weighted by atomic mass is 10.0. The van der Waals surface area contributed by atoms with E-state index in [-0.39, 0.29) is 5.75 Å². The third-order valence-electron chi connectivity index (χ3n) is 3.13. The number of ether oxygens (including phenoxy) is 1. The molecule has 0 unspecified atom stereocenters. The molecule has 2 N–H and O–H groups in total. The van der Waals surface area contributed by atoms with Crippen LogP contribution in [0.1, 0.15) is 32.1 Å². The first-order valence-corrected chi connectivity index (χ1v) is 6.88. The Hall–Kier alpha value is -0.900. The first-order valence-electron chi connectivity index (χ1n) is 6.00. The van der Waals surface area contributed by atoms with Crippen LogP contribution in [0.3, 0.4) is 0 Å². The van der Waals surface area contributed by atoms with E-state index < -0.39 is 5.82 Å². The highest BCUT2D eigenvalue weighted by Gasteiger charge is 2.17. The fourth-order valence-corrected chi connectivity index (χ4v) is 3.47. The Morgan fingerprint density at radius 1 is 1.29 bits per heavy atom. The molecule has 0 aliphatic heterocycles. The number of nitrogen functional groups attached to an aromatic ring is 1. The molecule has 0 heterocycles. The minimum atomic E-state index is -0.391. The first-order chi connectivity index (χ1) is 8.20. The standard InChI is InChI=1S/C13H18FNOS/c1-16-12-8-13(11(15)7-10(12)14)17-9-5-3-2-4-6-9/h7-9H,2-6,15H2,1H3. The SMILES string of the molecule is COc1cc(SC2CCCCC2)c(N)cc1F. The van der Waals surface area contributed by atoms with E-state index in [1.807, 2.05) is 0 Å². The quantitative estimate of drug-likeness (QED) is 0.833. The van der Waals surface area contributed by atoms with Gasteiger partial charge in [0.15, 0.2) is 11.6 Å². The molecule has 1 aliphatic carbocycles. The summed E-state index contributed by atoms with van der Waals surface area (Å²) >= 11 is 1.76. The van der Waals surface area contributed by atoms with Gasteiger partial charge >= 0.3 is 0 Å². The van der Waals surface area contributed by atoms with E-state index in [0.717, 1.165) is 4.90 Å². The molecule has 94 valence electrons. The van der Waals surface area contributed by atoms with Crippen molar-refractivity contribution in [1.82, 2.24) is 0 Å². The van der Waals surface area contributed by atoms with E-state index in [2.05, 4.69) is 0 Å². The van der Waals surface area contributed by atoms with Crippen LogP contribution in [0.2, 0.25) is 0 Å². The van der Waals surface area contributed by atoms with Gasteiger partial charge < -0.3 is 10.5 Å². The van der Waals surface area contributed by atoms with Crippen molar-refractivity contribution in [1.29, 1.82) is 0 Å². The second kappa shape index (κ2) is 5.63. The van der Waals surface area contributed by atoms with Gasteiger partial charge in [-0.15, -0.1) is 11.8 Å². The molecule has 4 heteroatoms. The molecule has 0 spiro atoms. The van der Waals surface area contributed by atoms with E-state index in [1.165, 1.54) is 45.3 Å². The van der Waals surface area contributed by atoms with Gasteiger partial charge in [-0.2, -0.15) is 0 Å². The number of halogens is 1. The summed E-state index contributed by atoms with van der Waals surface area (Å²) in [5.74, 6) is -0.115. The van der Waals surface area contributed by atoms with Gasteiger partial charge in [0.1, 0.15) is 0 Å². The maximum atomic E-state index is 13.4. The molecule has 2 nitrogen and oxygen atoms in total. The van der Waals surface area contributed by atoms with Crippen LogP contribution >= 0.6 is 11.8 Å². The number of anilines is 1. The van der Waals surface area contributed by atoms with Crippen molar-refractivity contribution in [3.05, 3.63) is 17.9 Å². The number of rotatable bonds is 3. The third-order valence-corrected chi connectivity index (χ3v) is 4.54. The summed E-state index contributed by atoms with van der Waals surface area (Å²) in [4.78, 5) is 0.940. The van der Waals surface area contributed by atoms with Crippen molar-refractivity contribution < 1.29 is 9.13 Å². The average molecular weight is 255 g/mol. The highest BCUT2D eigenvalue weighted by Crippen LogP contribution is 2.38. The Kier molecular flexibility index (Phi) is 4.15. The van der Waals surface area contributed by atoms with Crippen molar-refractivity contribution in [2.24, 2.45) is 0 Å².